The van der Waals surface area contributed by atoms with Gasteiger partial charge in [0, 0.05) is 20.2 Å². The lowest BCUT2D eigenvalue weighted by atomic mass is 9.80. The van der Waals surface area contributed by atoms with Crippen molar-refractivity contribution in [1.29, 1.82) is 0 Å². The SMILES string of the molecule is COC1(CNCc2ccccc2CC(=O)O)CCC1. The van der Waals surface area contributed by atoms with Gasteiger partial charge in [-0.2, -0.15) is 0 Å². The molecule has 0 spiro atoms. The van der Waals surface area contributed by atoms with Gasteiger partial charge < -0.3 is 15.2 Å². The fourth-order valence-electron chi connectivity index (χ4n) is 2.51. The average Bonchev–Trinajstić information content (AvgIpc) is 2.34. The van der Waals surface area contributed by atoms with Crippen LogP contribution in [0.5, 0.6) is 0 Å². The summed E-state index contributed by atoms with van der Waals surface area (Å²) in [4.78, 5) is 10.8. The van der Waals surface area contributed by atoms with Crippen molar-refractivity contribution < 1.29 is 14.6 Å². The van der Waals surface area contributed by atoms with Gasteiger partial charge in [0.25, 0.3) is 0 Å². The Bertz CT molecular complexity index is 435. The van der Waals surface area contributed by atoms with Crippen molar-refractivity contribution in [3.8, 4) is 0 Å². The molecule has 1 aliphatic carbocycles. The van der Waals surface area contributed by atoms with Gasteiger partial charge in [-0.05, 0) is 30.4 Å². The molecule has 2 rings (SSSR count). The lowest BCUT2D eigenvalue weighted by Gasteiger charge is -2.40. The lowest BCUT2D eigenvalue weighted by molar-refractivity contribution is -0.136. The van der Waals surface area contributed by atoms with Gasteiger partial charge in [0.1, 0.15) is 0 Å². The number of rotatable bonds is 7. The van der Waals surface area contributed by atoms with Crippen LogP contribution in [-0.2, 0) is 22.5 Å². The molecule has 1 aromatic rings. The lowest BCUT2D eigenvalue weighted by Crippen LogP contribution is -2.47. The van der Waals surface area contributed by atoms with Crippen LogP contribution in [0, 0.1) is 0 Å². The number of nitrogens with one attached hydrogen (secondary N) is 1. The van der Waals surface area contributed by atoms with Crippen LogP contribution in [0.25, 0.3) is 0 Å². The van der Waals surface area contributed by atoms with Gasteiger partial charge in [-0.15, -0.1) is 0 Å². The number of methoxy groups -OCH3 is 1. The predicted octanol–water partition coefficient (Wildman–Crippen LogP) is 1.97. The minimum atomic E-state index is -0.792. The van der Waals surface area contributed by atoms with Gasteiger partial charge in [0.05, 0.1) is 12.0 Å². The molecule has 0 aliphatic heterocycles. The molecule has 0 saturated heterocycles. The first-order valence-electron chi connectivity index (χ1n) is 6.70. The van der Waals surface area contributed by atoms with Crippen LogP contribution in [0.1, 0.15) is 30.4 Å². The van der Waals surface area contributed by atoms with Crippen LogP contribution in [0.2, 0.25) is 0 Å². The second kappa shape index (κ2) is 6.17. The zero-order chi connectivity index (χ0) is 13.7. The summed E-state index contributed by atoms with van der Waals surface area (Å²) in [5, 5.41) is 12.3. The van der Waals surface area contributed by atoms with E-state index < -0.39 is 5.97 Å². The van der Waals surface area contributed by atoms with E-state index >= 15 is 0 Å². The van der Waals surface area contributed by atoms with E-state index in [0.29, 0.717) is 6.54 Å². The van der Waals surface area contributed by atoms with Gasteiger partial charge in [-0.25, -0.2) is 0 Å². The molecule has 0 amide bonds. The summed E-state index contributed by atoms with van der Waals surface area (Å²) >= 11 is 0. The Balaban J connectivity index is 1.90. The Morgan fingerprint density at radius 2 is 2.05 bits per heavy atom. The van der Waals surface area contributed by atoms with Crippen LogP contribution in [0.4, 0.5) is 0 Å². The Morgan fingerprint density at radius 1 is 1.37 bits per heavy atom. The number of benzene rings is 1. The maximum atomic E-state index is 10.8. The first-order chi connectivity index (χ1) is 9.15. The van der Waals surface area contributed by atoms with Crippen molar-refractivity contribution in [2.24, 2.45) is 0 Å². The molecule has 4 nitrogen and oxygen atoms in total. The highest BCUT2D eigenvalue weighted by atomic mass is 16.5. The minimum Gasteiger partial charge on any atom is -0.481 e. The summed E-state index contributed by atoms with van der Waals surface area (Å²) in [7, 11) is 1.76. The Labute approximate surface area is 113 Å². The van der Waals surface area contributed by atoms with Gasteiger partial charge in [0.2, 0.25) is 0 Å². The molecule has 1 saturated carbocycles. The van der Waals surface area contributed by atoms with Gasteiger partial charge in [-0.3, -0.25) is 4.79 Å². The largest absolute Gasteiger partial charge is 0.481 e. The third-order valence-electron chi connectivity index (χ3n) is 3.92. The fraction of sp³-hybridized carbons (Fsp3) is 0.533. The van der Waals surface area contributed by atoms with Crippen molar-refractivity contribution in [1.82, 2.24) is 5.32 Å². The Morgan fingerprint density at radius 3 is 2.58 bits per heavy atom. The van der Waals surface area contributed by atoms with Crippen molar-refractivity contribution in [3.63, 3.8) is 0 Å². The fourth-order valence-corrected chi connectivity index (χ4v) is 2.51. The molecular formula is C15H21NO3. The first kappa shape index (κ1) is 14.0. The zero-order valence-electron chi connectivity index (χ0n) is 11.3. The molecule has 0 aromatic heterocycles. The summed E-state index contributed by atoms with van der Waals surface area (Å²) < 4.78 is 5.55. The smallest absolute Gasteiger partial charge is 0.307 e. The van der Waals surface area contributed by atoms with Crippen molar-refractivity contribution in [3.05, 3.63) is 35.4 Å². The maximum Gasteiger partial charge on any atom is 0.307 e. The van der Waals surface area contributed by atoms with Crippen molar-refractivity contribution in [2.45, 2.75) is 37.8 Å². The van der Waals surface area contributed by atoms with E-state index in [4.69, 9.17) is 9.84 Å². The van der Waals surface area contributed by atoms with E-state index in [1.807, 2.05) is 24.3 Å². The summed E-state index contributed by atoms with van der Waals surface area (Å²) in [5.41, 5.74) is 1.93. The second-order valence-corrected chi connectivity index (χ2v) is 5.18. The molecule has 1 fully saturated rings. The minimum absolute atomic E-state index is 0.00173. The van der Waals surface area contributed by atoms with Crippen LogP contribution in [-0.4, -0.2) is 30.3 Å². The van der Waals surface area contributed by atoms with Gasteiger partial charge in [-0.1, -0.05) is 24.3 Å². The molecular weight excluding hydrogens is 242 g/mol. The number of carboxylic acids is 1. The molecule has 0 radical (unpaired) electrons. The topological polar surface area (TPSA) is 58.6 Å². The Hall–Kier alpha value is -1.39. The van der Waals surface area contributed by atoms with Crippen LogP contribution < -0.4 is 5.32 Å². The van der Waals surface area contributed by atoms with E-state index in [1.165, 1.54) is 6.42 Å². The molecule has 0 bridgehead atoms. The first-order valence-corrected chi connectivity index (χ1v) is 6.70. The number of aliphatic carboxylic acids is 1. The predicted molar refractivity (Wildman–Crippen MR) is 73.1 cm³/mol. The standard InChI is InChI=1S/C15H21NO3/c1-19-15(7-4-8-15)11-16-10-13-6-3-2-5-12(13)9-14(17)18/h2-3,5-6,16H,4,7-11H2,1H3,(H,17,18). The average molecular weight is 263 g/mol. The van der Waals surface area contributed by atoms with E-state index in [0.717, 1.165) is 30.5 Å². The molecule has 0 unspecified atom stereocenters. The van der Waals surface area contributed by atoms with E-state index in [9.17, 15) is 4.79 Å². The third kappa shape index (κ3) is 3.55. The normalized spacial score (nSPS) is 16.9. The highest BCUT2D eigenvalue weighted by Gasteiger charge is 2.36. The monoisotopic (exact) mass is 263 g/mol. The molecule has 1 aromatic carbocycles. The zero-order valence-corrected chi connectivity index (χ0v) is 11.3. The van der Waals surface area contributed by atoms with Gasteiger partial charge in [0.15, 0.2) is 0 Å². The van der Waals surface area contributed by atoms with Crippen LogP contribution in [0.3, 0.4) is 0 Å². The summed E-state index contributed by atoms with van der Waals surface area (Å²) in [5.74, 6) is -0.792. The highest BCUT2D eigenvalue weighted by Crippen LogP contribution is 2.34. The maximum absolute atomic E-state index is 10.8. The number of hydrogen-bond acceptors (Lipinski definition) is 3. The van der Waals surface area contributed by atoms with E-state index in [-0.39, 0.29) is 12.0 Å². The van der Waals surface area contributed by atoms with Crippen molar-refractivity contribution in [2.75, 3.05) is 13.7 Å². The number of carbonyl (C=O) groups is 1. The second-order valence-electron chi connectivity index (χ2n) is 5.18. The molecule has 19 heavy (non-hydrogen) atoms. The molecule has 4 heteroatoms. The molecule has 0 heterocycles. The highest BCUT2D eigenvalue weighted by molar-refractivity contribution is 5.70. The Kier molecular flexibility index (Phi) is 4.56. The van der Waals surface area contributed by atoms with Crippen LogP contribution >= 0.6 is 0 Å². The molecule has 0 atom stereocenters. The van der Waals surface area contributed by atoms with E-state index in [2.05, 4.69) is 5.32 Å². The number of ether oxygens (including phenoxy) is 1. The molecule has 2 N–H and O–H groups in total. The summed E-state index contributed by atoms with van der Waals surface area (Å²) in [6.07, 6.45) is 3.51. The number of carboxylic acid groups (broad SMARTS) is 1. The van der Waals surface area contributed by atoms with Crippen LogP contribution in [0.15, 0.2) is 24.3 Å². The van der Waals surface area contributed by atoms with Gasteiger partial charge >= 0.3 is 5.97 Å². The molecule has 104 valence electrons. The number of hydrogen-bond donors (Lipinski definition) is 2. The quantitative estimate of drug-likeness (QED) is 0.789. The third-order valence-corrected chi connectivity index (χ3v) is 3.92. The summed E-state index contributed by atoms with van der Waals surface area (Å²) in [6.45, 7) is 1.51. The van der Waals surface area contributed by atoms with E-state index in [1.54, 1.807) is 7.11 Å². The summed E-state index contributed by atoms with van der Waals surface area (Å²) in [6, 6.07) is 7.67. The molecule has 1 aliphatic rings. The van der Waals surface area contributed by atoms with Crippen molar-refractivity contribution >= 4 is 5.97 Å².